The van der Waals surface area contributed by atoms with Crippen LogP contribution in [0.3, 0.4) is 0 Å². The van der Waals surface area contributed by atoms with Crippen LogP contribution in [-0.2, 0) is 21.3 Å². The number of hydrogen-bond donors (Lipinski definition) is 2. The van der Waals surface area contributed by atoms with Gasteiger partial charge in [0.2, 0.25) is 10.0 Å². The van der Waals surface area contributed by atoms with Crippen LogP contribution in [0.2, 0.25) is 5.02 Å². The molecule has 1 fully saturated rings. The van der Waals surface area contributed by atoms with Crippen molar-refractivity contribution in [1.29, 1.82) is 0 Å². The van der Waals surface area contributed by atoms with Gasteiger partial charge in [-0.2, -0.15) is 0 Å². The SMILES string of the molecule is NCc1ccc(S(=O)(=O)NC2CCOCC2)cc1Cl. The normalized spacial score (nSPS) is 17.6. The molecule has 0 aliphatic carbocycles. The molecule has 1 aromatic rings. The Bertz CT molecular complexity index is 542. The molecule has 1 aliphatic heterocycles. The van der Waals surface area contributed by atoms with Gasteiger partial charge in [-0.15, -0.1) is 0 Å². The lowest BCUT2D eigenvalue weighted by Gasteiger charge is -2.23. The molecule has 106 valence electrons. The van der Waals surface area contributed by atoms with E-state index in [9.17, 15) is 8.42 Å². The number of ether oxygens (including phenoxy) is 1. The lowest BCUT2D eigenvalue weighted by Crippen LogP contribution is -2.38. The Labute approximate surface area is 118 Å². The maximum Gasteiger partial charge on any atom is 0.240 e. The molecule has 2 rings (SSSR count). The van der Waals surface area contributed by atoms with Gasteiger partial charge in [0.25, 0.3) is 0 Å². The fourth-order valence-electron chi connectivity index (χ4n) is 1.96. The molecule has 0 amide bonds. The second-order valence-corrected chi connectivity index (χ2v) is 6.59. The van der Waals surface area contributed by atoms with Gasteiger partial charge in [0.05, 0.1) is 4.90 Å². The molecule has 0 bridgehead atoms. The number of nitrogens with one attached hydrogen (secondary N) is 1. The van der Waals surface area contributed by atoms with Crippen molar-refractivity contribution in [2.24, 2.45) is 5.73 Å². The first kappa shape index (κ1) is 14.7. The van der Waals surface area contributed by atoms with Crippen molar-refractivity contribution in [3.05, 3.63) is 28.8 Å². The number of sulfonamides is 1. The van der Waals surface area contributed by atoms with E-state index in [4.69, 9.17) is 22.1 Å². The summed E-state index contributed by atoms with van der Waals surface area (Å²) in [4.78, 5) is 0.168. The van der Waals surface area contributed by atoms with E-state index in [0.717, 1.165) is 5.56 Å². The Balaban J connectivity index is 2.16. The van der Waals surface area contributed by atoms with Crippen LogP contribution in [0.25, 0.3) is 0 Å². The summed E-state index contributed by atoms with van der Waals surface area (Å²) in [6.07, 6.45) is 1.38. The first-order valence-corrected chi connectivity index (χ1v) is 7.97. The summed E-state index contributed by atoms with van der Waals surface area (Å²) < 4.78 is 32.3. The lowest BCUT2D eigenvalue weighted by molar-refractivity contribution is 0.0832. The molecule has 1 saturated heterocycles. The van der Waals surface area contributed by atoms with Gasteiger partial charge in [0.15, 0.2) is 0 Å². The molecule has 19 heavy (non-hydrogen) atoms. The maximum atomic E-state index is 12.2. The van der Waals surface area contributed by atoms with Crippen molar-refractivity contribution in [2.45, 2.75) is 30.3 Å². The highest BCUT2D eigenvalue weighted by Gasteiger charge is 2.22. The first-order chi connectivity index (χ1) is 9.03. The molecule has 5 nitrogen and oxygen atoms in total. The first-order valence-electron chi connectivity index (χ1n) is 6.11. The van der Waals surface area contributed by atoms with Crippen LogP contribution in [0.4, 0.5) is 0 Å². The van der Waals surface area contributed by atoms with Crippen LogP contribution in [0.15, 0.2) is 23.1 Å². The van der Waals surface area contributed by atoms with Crippen molar-refractivity contribution >= 4 is 21.6 Å². The molecule has 1 heterocycles. The Morgan fingerprint density at radius 3 is 2.63 bits per heavy atom. The average Bonchev–Trinajstić information content (AvgIpc) is 2.39. The van der Waals surface area contributed by atoms with Gasteiger partial charge in [0.1, 0.15) is 0 Å². The zero-order chi connectivity index (χ0) is 13.9. The summed E-state index contributed by atoms with van der Waals surface area (Å²) in [5.74, 6) is 0. The minimum absolute atomic E-state index is 0.0771. The van der Waals surface area contributed by atoms with Crippen LogP contribution < -0.4 is 10.5 Å². The van der Waals surface area contributed by atoms with Gasteiger partial charge in [-0.25, -0.2) is 13.1 Å². The van der Waals surface area contributed by atoms with Crippen molar-refractivity contribution in [2.75, 3.05) is 13.2 Å². The highest BCUT2D eigenvalue weighted by Crippen LogP contribution is 2.21. The van der Waals surface area contributed by atoms with Gasteiger partial charge in [0, 0.05) is 30.8 Å². The second-order valence-electron chi connectivity index (χ2n) is 4.47. The molecule has 1 aliphatic rings. The fraction of sp³-hybridized carbons (Fsp3) is 0.500. The van der Waals surface area contributed by atoms with Gasteiger partial charge in [-0.1, -0.05) is 17.7 Å². The minimum atomic E-state index is -3.54. The van der Waals surface area contributed by atoms with E-state index in [1.807, 2.05) is 0 Å². The molecule has 1 aromatic carbocycles. The van der Waals surface area contributed by atoms with Crippen LogP contribution >= 0.6 is 11.6 Å². The zero-order valence-electron chi connectivity index (χ0n) is 10.4. The summed E-state index contributed by atoms with van der Waals surface area (Å²) in [5.41, 5.74) is 6.22. The van der Waals surface area contributed by atoms with E-state index in [0.29, 0.717) is 31.1 Å². The van der Waals surface area contributed by atoms with Crippen LogP contribution in [-0.4, -0.2) is 27.7 Å². The molecular formula is C12H17ClN2O3S. The molecular weight excluding hydrogens is 288 g/mol. The Kier molecular flexibility index (Phi) is 4.81. The minimum Gasteiger partial charge on any atom is -0.381 e. The number of halogens is 1. The molecule has 0 atom stereocenters. The summed E-state index contributed by atoms with van der Waals surface area (Å²) in [5, 5.41) is 0.373. The third-order valence-corrected chi connectivity index (χ3v) is 4.97. The number of rotatable bonds is 4. The van der Waals surface area contributed by atoms with Crippen molar-refractivity contribution in [3.8, 4) is 0 Å². The quantitative estimate of drug-likeness (QED) is 0.877. The van der Waals surface area contributed by atoms with E-state index in [1.54, 1.807) is 6.07 Å². The Morgan fingerprint density at radius 2 is 2.05 bits per heavy atom. The van der Waals surface area contributed by atoms with E-state index in [2.05, 4.69) is 4.72 Å². The van der Waals surface area contributed by atoms with E-state index in [-0.39, 0.29) is 17.5 Å². The highest BCUT2D eigenvalue weighted by molar-refractivity contribution is 7.89. The number of hydrogen-bond acceptors (Lipinski definition) is 4. The molecule has 0 spiro atoms. The van der Waals surface area contributed by atoms with Crippen molar-refractivity contribution < 1.29 is 13.2 Å². The molecule has 0 saturated carbocycles. The largest absolute Gasteiger partial charge is 0.381 e. The molecule has 3 N–H and O–H groups in total. The van der Waals surface area contributed by atoms with Gasteiger partial charge in [-0.05, 0) is 30.5 Å². The van der Waals surface area contributed by atoms with E-state index >= 15 is 0 Å². The smallest absolute Gasteiger partial charge is 0.240 e. The van der Waals surface area contributed by atoms with Crippen molar-refractivity contribution in [3.63, 3.8) is 0 Å². The van der Waals surface area contributed by atoms with Crippen LogP contribution in [0, 0.1) is 0 Å². The lowest BCUT2D eigenvalue weighted by atomic mass is 10.1. The highest BCUT2D eigenvalue weighted by atomic mass is 35.5. The second kappa shape index (κ2) is 6.19. The van der Waals surface area contributed by atoms with Gasteiger partial charge >= 0.3 is 0 Å². The summed E-state index contributed by atoms with van der Waals surface area (Å²) in [6, 6.07) is 4.52. The number of benzene rings is 1. The number of nitrogens with two attached hydrogens (primary N) is 1. The zero-order valence-corrected chi connectivity index (χ0v) is 12.0. The van der Waals surface area contributed by atoms with E-state index < -0.39 is 10.0 Å². The predicted octanol–water partition coefficient (Wildman–Crippen LogP) is 1.26. The molecule has 0 aromatic heterocycles. The van der Waals surface area contributed by atoms with Crippen LogP contribution in [0.5, 0.6) is 0 Å². The summed E-state index contributed by atoms with van der Waals surface area (Å²) in [6.45, 7) is 1.45. The summed E-state index contributed by atoms with van der Waals surface area (Å²) in [7, 11) is -3.54. The third kappa shape index (κ3) is 3.67. The molecule has 0 radical (unpaired) electrons. The van der Waals surface area contributed by atoms with Gasteiger partial charge in [-0.3, -0.25) is 0 Å². The Hall–Kier alpha value is -0.660. The Morgan fingerprint density at radius 1 is 1.37 bits per heavy atom. The van der Waals surface area contributed by atoms with Crippen LogP contribution in [0.1, 0.15) is 18.4 Å². The van der Waals surface area contributed by atoms with E-state index in [1.165, 1.54) is 12.1 Å². The van der Waals surface area contributed by atoms with Crippen molar-refractivity contribution in [1.82, 2.24) is 4.72 Å². The molecule has 0 unspecified atom stereocenters. The summed E-state index contributed by atoms with van der Waals surface area (Å²) >= 11 is 5.99. The average molecular weight is 305 g/mol. The predicted molar refractivity (Wildman–Crippen MR) is 73.5 cm³/mol. The molecule has 7 heteroatoms. The fourth-order valence-corrected chi connectivity index (χ4v) is 3.62. The monoisotopic (exact) mass is 304 g/mol. The topological polar surface area (TPSA) is 81.4 Å². The standard InChI is InChI=1S/C12H17ClN2O3S/c13-12-7-11(2-1-9(12)8-14)19(16,17)15-10-3-5-18-6-4-10/h1-2,7,10,15H,3-6,8,14H2. The third-order valence-electron chi connectivity index (χ3n) is 3.10. The van der Waals surface area contributed by atoms with Gasteiger partial charge < -0.3 is 10.5 Å². The maximum absolute atomic E-state index is 12.2.